The number of nitrogens with zero attached hydrogens (tertiary/aromatic N) is 1. The van der Waals surface area contributed by atoms with E-state index < -0.39 is 42.8 Å². The molecule has 0 amide bonds. The number of benzene rings is 2. The van der Waals surface area contributed by atoms with Crippen LogP contribution in [0.4, 0.5) is 5.69 Å². The first-order chi connectivity index (χ1) is 11.1. The Labute approximate surface area is 139 Å². The van der Waals surface area contributed by atoms with E-state index in [-0.39, 0.29) is 21.7 Å². The molecule has 0 spiro atoms. The molecule has 2 aromatic rings. The van der Waals surface area contributed by atoms with Crippen molar-refractivity contribution < 1.29 is 27.5 Å². The molecule has 1 aliphatic rings. The molecule has 0 bridgehead atoms. The number of carbonyl (C=O) groups excluding carboxylic acids is 2. The number of rotatable bonds is 2. The lowest BCUT2D eigenvalue weighted by Crippen LogP contribution is -2.23. The minimum atomic E-state index is -4.84. The van der Waals surface area contributed by atoms with Crippen LogP contribution in [-0.4, -0.2) is 29.5 Å². The molecule has 0 saturated heterocycles. The minimum absolute atomic E-state index is 0.185. The molecule has 0 fully saturated rings. The topological polar surface area (TPSA) is 134 Å². The van der Waals surface area contributed by atoms with E-state index in [0.717, 1.165) is 30.3 Å². The van der Waals surface area contributed by atoms with Gasteiger partial charge in [-0.05, 0) is 24.3 Å². The number of hydrogen-bond acceptors (Lipinski definition) is 7. The summed E-state index contributed by atoms with van der Waals surface area (Å²) in [7, 11) is -4.84. The predicted molar refractivity (Wildman–Crippen MR) is 79.4 cm³/mol. The summed E-state index contributed by atoms with van der Waals surface area (Å²) in [5.41, 5.74) is -2.00. The summed E-state index contributed by atoms with van der Waals surface area (Å²) in [6, 6.07) is 4.73. The van der Waals surface area contributed by atoms with Crippen LogP contribution in [-0.2, 0) is 10.1 Å². The highest BCUT2D eigenvalue weighted by atomic mass is 35.5. The Bertz CT molecular complexity index is 1060. The highest BCUT2D eigenvalue weighted by Crippen LogP contribution is 2.37. The zero-order valence-electron chi connectivity index (χ0n) is 11.5. The first-order valence-corrected chi connectivity index (χ1v) is 8.08. The molecular formula is C14H5ClNO7S-. The second-order valence-corrected chi connectivity index (χ2v) is 6.68. The molecule has 8 nitrogen and oxygen atoms in total. The molecule has 0 atom stereocenters. The van der Waals surface area contributed by atoms with Crippen LogP contribution in [0, 0.1) is 10.1 Å². The van der Waals surface area contributed by atoms with Gasteiger partial charge in [-0.15, -0.1) is 0 Å². The molecule has 1 aliphatic carbocycles. The number of nitro benzene ring substituents is 1. The standard InChI is InChI=1S/C14H6ClNO7S/c15-9-3-4-10(16(19)20)12-11(9)14(18)8-5-6(24(21,22)23)1-2-7(8)13(12)17/h1-5H,(H,21,22,23)/p-1. The van der Waals surface area contributed by atoms with Gasteiger partial charge in [0.1, 0.15) is 15.7 Å². The number of halogens is 1. The average Bonchev–Trinajstić information content (AvgIpc) is 2.50. The van der Waals surface area contributed by atoms with Crippen molar-refractivity contribution in [2.75, 3.05) is 0 Å². The largest absolute Gasteiger partial charge is 0.744 e. The summed E-state index contributed by atoms with van der Waals surface area (Å²) in [5, 5.41) is 10.9. The molecular weight excluding hydrogens is 362 g/mol. The average molecular weight is 367 g/mol. The van der Waals surface area contributed by atoms with Crippen molar-refractivity contribution in [3.8, 4) is 0 Å². The molecule has 122 valence electrons. The zero-order valence-corrected chi connectivity index (χ0v) is 13.1. The first-order valence-electron chi connectivity index (χ1n) is 6.29. The first kappa shape index (κ1) is 16.2. The molecule has 0 N–H and O–H groups in total. The third-order valence-corrected chi connectivity index (χ3v) is 4.70. The maximum atomic E-state index is 12.6. The van der Waals surface area contributed by atoms with Gasteiger partial charge in [0, 0.05) is 17.2 Å². The van der Waals surface area contributed by atoms with Gasteiger partial charge in [-0.1, -0.05) is 11.6 Å². The molecule has 0 aliphatic heterocycles. The SMILES string of the molecule is O=C1c2cc(S(=O)(=O)[O-])ccc2C(=O)c2c([N+](=O)[O-])ccc(Cl)c21. The maximum Gasteiger partial charge on any atom is 0.281 e. The Hall–Kier alpha value is -2.62. The van der Waals surface area contributed by atoms with Gasteiger partial charge in [-0.3, -0.25) is 19.7 Å². The van der Waals surface area contributed by atoms with Gasteiger partial charge in [0.05, 0.1) is 20.4 Å². The van der Waals surface area contributed by atoms with Crippen LogP contribution in [0.3, 0.4) is 0 Å². The van der Waals surface area contributed by atoms with Crippen molar-refractivity contribution in [1.29, 1.82) is 0 Å². The smallest absolute Gasteiger partial charge is 0.281 e. The fraction of sp³-hybridized carbons (Fsp3) is 0. The van der Waals surface area contributed by atoms with Gasteiger partial charge in [0.15, 0.2) is 5.78 Å². The third-order valence-electron chi connectivity index (χ3n) is 3.55. The van der Waals surface area contributed by atoms with Crippen molar-refractivity contribution in [3.05, 3.63) is 67.7 Å². The molecule has 2 aromatic carbocycles. The predicted octanol–water partition coefficient (Wildman–Crippen LogP) is 1.93. The Kier molecular flexibility index (Phi) is 3.52. The van der Waals surface area contributed by atoms with Crippen LogP contribution in [0.15, 0.2) is 35.2 Å². The second kappa shape index (κ2) is 5.20. The Morgan fingerprint density at radius 2 is 1.58 bits per heavy atom. The maximum absolute atomic E-state index is 12.6. The quantitative estimate of drug-likeness (QED) is 0.384. The van der Waals surface area contributed by atoms with Crippen LogP contribution < -0.4 is 0 Å². The lowest BCUT2D eigenvalue weighted by atomic mass is 9.83. The monoisotopic (exact) mass is 366 g/mol. The second-order valence-electron chi connectivity index (χ2n) is 4.89. The highest BCUT2D eigenvalue weighted by molar-refractivity contribution is 7.85. The van der Waals surface area contributed by atoms with Crippen molar-refractivity contribution in [2.45, 2.75) is 4.90 Å². The summed E-state index contributed by atoms with van der Waals surface area (Å²) in [4.78, 5) is 34.7. The van der Waals surface area contributed by atoms with Crippen LogP contribution in [0.5, 0.6) is 0 Å². The number of ketones is 2. The summed E-state index contributed by atoms with van der Waals surface area (Å²) in [5.74, 6) is -1.71. The van der Waals surface area contributed by atoms with Crippen molar-refractivity contribution >= 4 is 39.0 Å². The van der Waals surface area contributed by atoms with Crippen LogP contribution >= 0.6 is 11.6 Å². The molecule has 10 heteroatoms. The summed E-state index contributed by atoms with van der Waals surface area (Å²) in [6.45, 7) is 0. The van der Waals surface area contributed by atoms with E-state index in [1.807, 2.05) is 0 Å². The summed E-state index contributed by atoms with van der Waals surface area (Å²) < 4.78 is 33.3. The molecule has 0 heterocycles. The molecule has 3 rings (SSSR count). The van der Waals surface area contributed by atoms with E-state index in [1.54, 1.807) is 0 Å². The molecule has 0 unspecified atom stereocenters. The summed E-state index contributed by atoms with van der Waals surface area (Å²) >= 11 is 5.90. The van der Waals surface area contributed by atoms with E-state index in [1.165, 1.54) is 0 Å². The third kappa shape index (κ3) is 2.30. The Morgan fingerprint density at radius 1 is 0.958 bits per heavy atom. The summed E-state index contributed by atoms with van der Waals surface area (Å²) in [6.07, 6.45) is 0. The van der Waals surface area contributed by atoms with Crippen molar-refractivity contribution in [2.24, 2.45) is 0 Å². The Morgan fingerprint density at radius 3 is 2.17 bits per heavy atom. The van der Waals surface area contributed by atoms with E-state index in [0.29, 0.717) is 0 Å². The van der Waals surface area contributed by atoms with Gasteiger partial charge in [-0.2, -0.15) is 0 Å². The number of hydrogen-bond donors (Lipinski definition) is 0. The number of carbonyl (C=O) groups is 2. The van der Waals surface area contributed by atoms with Crippen LogP contribution in [0.2, 0.25) is 5.02 Å². The molecule has 0 aromatic heterocycles. The number of fused-ring (bicyclic) bond motifs is 2. The lowest BCUT2D eigenvalue weighted by Gasteiger charge is -2.19. The number of nitro groups is 1. The Balaban J connectivity index is 2.36. The molecule has 0 saturated carbocycles. The highest BCUT2D eigenvalue weighted by Gasteiger charge is 2.37. The fourth-order valence-corrected chi connectivity index (χ4v) is 3.24. The van der Waals surface area contributed by atoms with Gasteiger partial charge < -0.3 is 4.55 Å². The van der Waals surface area contributed by atoms with E-state index >= 15 is 0 Å². The van der Waals surface area contributed by atoms with Crippen molar-refractivity contribution in [3.63, 3.8) is 0 Å². The van der Waals surface area contributed by atoms with Gasteiger partial charge in [0.25, 0.3) is 5.69 Å². The lowest BCUT2D eigenvalue weighted by molar-refractivity contribution is -0.385. The minimum Gasteiger partial charge on any atom is -0.744 e. The van der Waals surface area contributed by atoms with E-state index in [4.69, 9.17) is 11.6 Å². The zero-order chi connectivity index (χ0) is 17.8. The normalized spacial score (nSPS) is 13.4. The van der Waals surface area contributed by atoms with Gasteiger partial charge in [-0.25, -0.2) is 8.42 Å². The van der Waals surface area contributed by atoms with Gasteiger partial charge in [0.2, 0.25) is 5.78 Å². The van der Waals surface area contributed by atoms with E-state index in [2.05, 4.69) is 0 Å². The van der Waals surface area contributed by atoms with Crippen molar-refractivity contribution in [1.82, 2.24) is 0 Å². The van der Waals surface area contributed by atoms with Gasteiger partial charge >= 0.3 is 0 Å². The van der Waals surface area contributed by atoms with Crippen LogP contribution in [0.1, 0.15) is 31.8 Å². The van der Waals surface area contributed by atoms with Crippen LogP contribution in [0.25, 0.3) is 0 Å². The fourth-order valence-electron chi connectivity index (χ4n) is 2.50. The molecule has 24 heavy (non-hydrogen) atoms. The molecule has 0 radical (unpaired) electrons. The van der Waals surface area contributed by atoms with E-state index in [9.17, 15) is 32.7 Å².